The maximum atomic E-state index is 12.9. The minimum Gasteiger partial charge on any atom is -0.387 e. The molecule has 0 saturated heterocycles. The van der Waals surface area contributed by atoms with Crippen LogP contribution in [-0.2, 0) is 4.79 Å². The lowest BCUT2D eigenvalue weighted by atomic mass is 10.1. The summed E-state index contributed by atoms with van der Waals surface area (Å²) >= 11 is 0. The Morgan fingerprint density at radius 3 is 2.71 bits per heavy atom. The molecule has 4 nitrogen and oxygen atoms in total. The predicted molar refractivity (Wildman–Crippen MR) is 58.3 cm³/mol. The van der Waals surface area contributed by atoms with E-state index < -0.39 is 17.7 Å². The van der Waals surface area contributed by atoms with Crippen molar-refractivity contribution < 1.29 is 18.7 Å². The fourth-order valence-corrected chi connectivity index (χ4v) is 1.25. The highest BCUT2D eigenvalue weighted by Crippen LogP contribution is 2.15. The minimum atomic E-state index is -1.01. The van der Waals surface area contributed by atoms with Crippen LogP contribution in [0.1, 0.15) is 11.7 Å². The van der Waals surface area contributed by atoms with E-state index in [1.165, 1.54) is 13.1 Å². The van der Waals surface area contributed by atoms with Crippen LogP contribution < -0.4 is 10.6 Å². The Hall–Kier alpha value is -1.53. The molecule has 1 rings (SSSR count). The molecule has 0 radical (unpaired) electrons. The van der Waals surface area contributed by atoms with Gasteiger partial charge in [0.2, 0.25) is 5.91 Å². The lowest BCUT2D eigenvalue weighted by molar-refractivity contribution is -0.119. The second kappa shape index (κ2) is 6.27. The van der Waals surface area contributed by atoms with Crippen molar-refractivity contribution in [2.24, 2.45) is 0 Å². The Balaban J connectivity index is 2.49. The molecule has 0 aliphatic heterocycles. The Kier molecular flexibility index (Phi) is 4.99. The third-order valence-corrected chi connectivity index (χ3v) is 2.23. The molecule has 0 aromatic heterocycles. The van der Waals surface area contributed by atoms with Gasteiger partial charge in [0.1, 0.15) is 0 Å². The maximum Gasteiger partial charge on any atom is 0.233 e. The highest BCUT2D eigenvalue weighted by Gasteiger charge is 2.10. The van der Waals surface area contributed by atoms with Gasteiger partial charge in [0, 0.05) is 13.6 Å². The van der Waals surface area contributed by atoms with Gasteiger partial charge in [-0.2, -0.15) is 0 Å². The molecule has 0 saturated carbocycles. The number of benzene rings is 1. The van der Waals surface area contributed by atoms with Crippen molar-refractivity contribution in [1.82, 2.24) is 10.6 Å². The quantitative estimate of drug-likeness (QED) is 0.699. The van der Waals surface area contributed by atoms with E-state index >= 15 is 0 Å². The number of hydrogen-bond donors (Lipinski definition) is 3. The van der Waals surface area contributed by atoms with Gasteiger partial charge in [-0.3, -0.25) is 4.79 Å². The Morgan fingerprint density at radius 2 is 2.12 bits per heavy atom. The molecule has 6 heteroatoms. The predicted octanol–water partition coefficient (Wildman–Crippen LogP) is 0.334. The standard InChI is InChI=1S/C11H14F2N2O2/c1-14-11(17)6-15-5-10(16)7-2-3-8(12)9(13)4-7/h2-4,10,15-16H,5-6H2,1H3,(H,14,17). The Morgan fingerprint density at radius 1 is 1.41 bits per heavy atom. The first-order valence-electron chi connectivity index (χ1n) is 5.09. The summed E-state index contributed by atoms with van der Waals surface area (Å²) < 4.78 is 25.5. The molecule has 1 atom stereocenters. The number of nitrogens with one attached hydrogen (secondary N) is 2. The summed E-state index contributed by atoms with van der Waals surface area (Å²) in [4.78, 5) is 10.9. The topological polar surface area (TPSA) is 61.4 Å². The first-order valence-corrected chi connectivity index (χ1v) is 5.09. The Bertz CT molecular complexity index is 399. The second-order valence-corrected chi connectivity index (χ2v) is 3.49. The number of amides is 1. The SMILES string of the molecule is CNC(=O)CNCC(O)c1ccc(F)c(F)c1. The smallest absolute Gasteiger partial charge is 0.233 e. The number of halogens is 2. The number of carbonyl (C=O) groups excluding carboxylic acids is 1. The fraction of sp³-hybridized carbons (Fsp3) is 0.364. The van der Waals surface area contributed by atoms with Crippen LogP contribution in [0.5, 0.6) is 0 Å². The van der Waals surface area contributed by atoms with Crippen LogP contribution in [-0.4, -0.2) is 31.2 Å². The van der Waals surface area contributed by atoms with Crippen LogP contribution in [0.25, 0.3) is 0 Å². The summed E-state index contributed by atoms with van der Waals surface area (Å²) in [5, 5.41) is 14.7. The summed E-state index contributed by atoms with van der Waals surface area (Å²) in [6, 6.07) is 3.18. The van der Waals surface area contributed by atoms with Crippen molar-refractivity contribution in [3.63, 3.8) is 0 Å². The van der Waals surface area contributed by atoms with Crippen molar-refractivity contribution in [2.75, 3.05) is 20.1 Å². The number of carbonyl (C=O) groups is 1. The molecular formula is C11H14F2N2O2. The molecule has 1 amide bonds. The molecule has 1 aromatic carbocycles. The molecule has 3 N–H and O–H groups in total. The summed E-state index contributed by atoms with van der Waals surface area (Å²) in [6.45, 7) is 0.135. The van der Waals surface area contributed by atoms with Gasteiger partial charge in [-0.05, 0) is 17.7 Å². The van der Waals surface area contributed by atoms with Crippen LogP contribution in [0.3, 0.4) is 0 Å². The van der Waals surface area contributed by atoms with E-state index in [-0.39, 0.29) is 24.6 Å². The lowest BCUT2D eigenvalue weighted by Crippen LogP contribution is -2.33. The van der Waals surface area contributed by atoms with Crippen LogP contribution in [0.2, 0.25) is 0 Å². The summed E-state index contributed by atoms with van der Waals surface area (Å²) in [5.74, 6) is -2.19. The molecule has 0 aliphatic rings. The zero-order chi connectivity index (χ0) is 12.8. The van der Waals surface area contributed by atoms with E-state index in [0.29, 0.717) is 0 Å². The van der Waals surface area contributed by atoms with E-state index in [0.717, 1.165) is 12.1 Å². The van der Waals surface area contributed by atoms with E-state index in [4.69, 9.17) is 0 Å². The van der Waals surface area contributed by atoms with E-state index in [9.17, 15) is 18.7 Å². The van der Waals surface area contributed by atoms with Crippen molar-refractivity contribution in [1.29, 1.82) is 0 Å². The van der Waals surface area contributed by atoms with Gasteiger partial charge < -0.3 is 15.7 Å². The third-order valence-electron chi connectivity index (χ3n) is 2.23. The number of aliphatic hydroxyl groups excluding tert-OH is 1. The first-order chi connectivity index (χ1) is 8.04. The van der Waals surface area contributed by atoms with Crippen molar-refractivity contribution >= 4 is 5.91 Å². The van der Waals surface area contributed by atoms with Crippen LogP contribution >= 0.6 is 0 Å². The van der Waals surface area contributed by atoms with Crippen LogP contribution in [0.15, 0.2) is 18.2 Å². The number of hydrogen-bond acceptors (Lipinski definition) is 3. The largest absolute Gasteiger partial charge is 0.387 e. The molecule has 17 heavy (non-hydrogen) atoms. The van der Waals surface area contributed by atoms with Crippen LogP contribution in [0, 0.1) is 11.6 Å². The maximum absolute atomic E-state index is 12.9. The van der Waals surface area contributed by atoms with Crippen molar-refractivity contribution in [3.8, 4) is 0 Å². The molecule has 0 bridgehead atoms. The monoisotopic (exact) mass is 244 g/mol. The van der Waals surface area contributed by atoms with Crippen molar-refractivity contribution in [3.05, 3.63) is 35.4 Å². The van der Waals surface area contributed by atoms with Gasteiger partial charge in [-0.15, -0.1) is 0 Å². The third kappa shape index (κ3) is 4.08. The van der Waals surface area contributed by atoms with Gasteiger partial charge in [0.25, 0.3) is 0 Å². The van der Waals surface area contributed by atoms with Crippen molar-refractivity contribution in [2.45, 2.75) is 6.10 Å². The summed E-state index contributed by atoms with van der Waals surface area (Å²) in [5.41, 5.74) is 0.258. The number of aliphatic hydroxyl groups is 1. The highest BCUT2D eigenvalue weighted by atomic mass is 19.2. The summed E-state index contributed by atoms with van der Waals surface area (Å²) in [7, 11) is 1.50. The molecule has 0 heterocycles. The second-order valence-electron chi connectivity index (χ2n) is 3.49. The Labute approximate surface area is 97.6 Å². The van der Waals surface area contributed by atoms with E-state index in [1.54, 1.807) is 0 Å². The molecular weight excluding hydrogens is 230 g/mol. The zero-order valence-electron chi connectivity index (χ0n) is 9.34. The molecule has 0 spiro atoms. The van der Waals surface area contributed by atoms with Gasteiger partial charge in [0.15, 0.2) is 11.6 Å². The van der Waals surface area contributed by atoms with Crippen LogP contribution in [0.4, 0.5) is 8.78 Å². The fourth-order valence-electron chi connectivity index (χ4n) is 1.25. The number of likely N-dealkylation sites (N-methyl/N-ethyl adjacent to an activating group) is 1. The summed E-state index contributed by atoms with van der Waals surface area (Å²) in [6.07, 6.45) is -0.991. The minimum absolute atomic E-state index is 0.0528. The van der Waals surface area contributed by atoms with Gasteiger partial charge in [0.05, 0.1) is 12.6 Å². The average Bonchev–Trinajstić information content (AvgIpc) is 2.32. The lowest BCUT2D eigenvalue weighted by Gasteiger charge is -2.12. The molecule has 1 unspecified atom stereocenters. The van der Waals surface area contributed by atoms with E-state index in [1.807, 2.05) is 0 Å². The van der Waals surface area contributed by atoms with E-state index in [2.05, 4.69) is 10.6 Å². The number of rotatable bonds is 5. The normalized spacial score (nSPS) is 12.2. The van der Waals surface area contributed by atoms with Gasteiger partial charge in [-0.1, -0.05) is 6.07 Å². The highest BCUT2D eigenvalue weighted by molar-refractivity contribution is 5.77. The average molecular weight is 244 g/mol. The molecule has 1 aromatic rings. The zero-order valence-corrected chi connectivity index (χ0v) is 9.34. The first kappa shape index (κ1) is 13.5. The molecule has 0 fully saturated rings. The molecule has 94 valence electrons. The molecule has 0 aliphatic carbocycles. The van der Waals surface area contributed by atoms with Gasteiger partial charge in [-0.25, -0.2) is 8.78 Å². The van der Waals surface area contributed by atoms with Gasteiger partial charge >= 0.3 is 0 Å².